The first-order valence-electron chi connectivity index (χ1n) is 8.66. The average molecular weight is 348 g/mol. The zero-order chi connectivity index (χ0) is 17.8. The zero-order valence-electron chi connectivity index (χ0n) is 14.4. The molecule has 1 aromatic carbocycles. The summed E-state index contributed by atoms with van der Waals surface area (Å²) in [5.41, 5.74) is 0.153. The number of rotatable bonds is 5. The molecule has 1 N–H and O–H groups in total. The number of anilines is 1. The van der Waals surface area contributed by atoms with Gasteiger partial charge in [-0.25, -0.2) is 0 Å². The van der Waals surface area contributed by atoms with Gasteiger partial charge < -0.3 is 10.1 Å². The van der Waals surface area contributed by atoms with Crippen LogP contribution in [-0.4, -0.2) is 72.1 Å². The number of piperazine rings is 1. The molecule has 3 rings (SSSR count). The number of amides is 1. The van der Waals surface area contributed by atoms with Crippen molar-refractivity contribution >= 4 is 17.3 Å². The Balaban J connectivity index is 1.55. The summed E-state index contributed by atoms with van der Waals surface area (Å²) in [6, 6.07) is 6.38. The van der Waals surface area contributed by atoms with Gasteiger partial charge >= 0.3 is 0 Å². The predicted molar refractivity (Wildman–Crippen MR) is 93.6 cm³/mol. The van der Waals surface area contributed by atoms with Gasteiger partial charge in [-0.1, -0.05) is 12.1 Å². The van der Waals surface area contributed by atoms with Gasteiger partial charge in [0.05, 0.1) is 17.6 Å². The van der Waals surface area contributed by atoms with Gasteiger partial charge in [-0.15, -0.1) is 0 Å². The number of hydrogen-bond donors (Lipinski definition) is 1. The van der Waals surface area contributed by atoms with Gasteiger partial charge in [0.25, 0.3) is 5.69 Å². The highest BCUT2D eigenvalue weighted by atomic mass is 16.6. The largest absolute Gasteiger partial charge is 0.380 e. The first-order chi connectivity index (χ1) is 12.1. The number of nitro groups is 1. The molecule has 2 heterocycles. The van der Waals surface area contributed by atoms with Crippen molar-refractivity contribution in [3.63, 3.8) is 0 Å². The highest BCUT2D eigenvalue weighted by molar-refractivity contribution is 5.96. The number of nitro benzene ring substituents is 1. The number of nitrogens with one attached hydrogen (secondary N) is 1. The molecule has 8 heteroatoms. The summed E-state index contributed by atoms with van der Waals surface area (Å²) in [6.45, 7) is 6.92. The number of ether oxygens (including phenoxy) is 1. The number of carbonyl (C=O) groups is 1. The molecule has 25 heavy (non-hydrogen) atoms. The fourth-order valence-corrected chi connectivity index (χ4v) is 3.44. The van der Waals surface area contributed by atoms with Crippen molar-refractivity contribution in [1.82, 2.24) is 9.80 Å². The molecule has 2 atom stereocenters. The quantitative estimate of drug-likeness (QED) is 0.638. The van der Waals surface area contributed by atoms with Gasteiger partial charge in [-0.05, 0) is 19.4 Å². The molecule has 2 saturated heterocycles. The summed E-state index contributed by atoms with van der Waals surface area (Å²) >= 11 is 0. The van der Waals surface area contributed by atoms with Crippen molar-refractivity contribution < 1.29 is 14.5 Å². The standard InChI is InChI=1S/C17H24N4O4/c1-13(17(22)18-15-4-2-3-5-16(15)21(23)24)19-7-9-20(10-8-19)14-6-11-25-12-14/h2-5,13-14H,6-12H2,1H3,(H,18,22)/t13-,14-/m1/s1. The maximum Gasteiger partial charge on any atom is 0.292 e. The molecule has 2 aliphatic heterocycles. The molecule has 2 aliphatic rings. The highest BCUT2D eigenvalue weighted by Gasteiger charge is 2.30. The monoisotopic (exact) mass is 348 g/mol. The third-order valence-corrected chi connectivity index (χ3v) is 5.06. The van der Waals surface area contributed by atoms with Gasteiger partial charge in [0, 0.05) is 44.9 Å². The van der Waals surface area contributed by atoms with Gasteiger partial charge in [0.15, 0.2) is 0 Å². The van der Waals surface area contributed by atoms with Crippen LogP contribution in [0.25, 0.3) is 0 Å². The van der Waals surface area contributed by atoms with Crippen LogP contribution in [0.15, 0.2) is 24.3 Å². The van der Waals surface area contributed by atoms with E-state index in [4.69, 9.17) is 4.74 Å². The third kappa shape index (κ3) is 4.15. The molecule has 0 aliphatic carbocycles. The lowest BCUT2D eigenvalue weighted by Gasteiger charge is -2.39. The van der Waals surface area contributed by atoms with Crippen molar-refractivity contribution in [2.75, 3.05) is 44.7 Å². The summed E-state index contributed by atoms with van der Waals surface area (Å²) < 4.78 is 5.45. The van der Waals surface area contributed by atoms with E-state index >= 15 is 0 Å². The third-order valence-electron chi connectivity index (χ3n) is 5.06. The van der Waals surface area contributed by atoms with E-state index in [0.29, 0.717) is 6.04 Å². The summed E-state index contributed by atoms with van der Waals surface area (Å²) in [5, 5.41) is 13.8. The molecule has 0 unspecified atom stereocenters. The fraction of sp³-hybridized carbons (Fsp3) is 0.588. The number of carbonyl (C=O) groups excluding carboxylic acids is 1. The van der Waals surface area contributed by atoms with Crippen molar-refractivity contribution in [1.29, 1.82) is 0 Å². The van der Waals surface area contributed by atoms with Crippen molar-refractivity contribution in [2.24, 2.45) is 0 Å². The maximum absolute atomic E-state index is 12.5. The molecular weight excluding hydrogens is 324 g/mol. The minimum absolute atomic E-state index is 0.0888. The Kier molecular flexibility index (Phi) is 5.62. The fourth-order valence-electron chi connectivity index (χ4n) is 3.44. The number of hydrogen-bond acceptors (Lipinski definition) is 6. The van der Waals surface area contributed by atoms with E-state index in [1.165, 1.54) is 6.07 Å². The number of benzene rings is 1. The second-order valence-corrected chi connectivity index (χ2v) is 6.53. The molecular formula is C17H24N4O4. The van der Waals surface area contributed by atoms with E-state index in [-0.39, 0.29) is 23.3 Å². The Morgan fingerprint density at radius 1 is 1.32 bits per heavy atom. The van der Waals surface area contributed by atoms with Crippen LogP contribution in [0.2, 0.25) is 0 Å². The van der Waals surface area contributed by atoms with E-state index in [1.54, 1.807) is 18.2 Å². The van der Waals surface area contributed by atoms with Crippen LogP contribution in [0, 0.1) is 10.1 Å². The topological polar surface area (TPSA) is 87.9 Å². The van der Waals surface area contributed by atoms with Crippen molar-refractivity contribution in [2.45, 2.75) is 25.4 Å². The average Bonchev–Trinajstić information content (AvgIpc) is 3.16. The van der Waals surface area contributed by atoms with E-state index in [1.807, 2.05) is 6.92 Å². The van der Waals surface area contributed by atoms with Gasteiger partial charge in [0.1, 0.15) is 5.69 Å². The molecule has 0 aromatic heterocycles. The van der Waals surface area contributed by atoms with E-state index in [2.05, 4.69) is 15.1 Å². The van der Waals surface area contributed by atoms with Crippen LogP contribution >= 0.6 is 0 Å². The Morgan fingerprint density at radius 2 is 2.04 bits per heavy atom. The highest BCUT2D eigenvalue weighted by Crippen LogP contribution is 2.24. The van der Waals surface area contributed by atoms with Crippen LogP contribution in [0.3, 0.4) is 0 Å². The lowest BCUT2D eigenvalue weighted by molar-refractivity contribution is -0.383. The molecule has 0 radical (unpaired) electrons. The van der Waals surface area contributed by atoms with Crippen LogP contribution in [0.1, 0.15) is 13.3 Å². The normalized spacial score (nSPS) is 23.3. The predicted octanol–water partition coefficient (Wildman–Crippen LogP) is 1.33. The van der Waals surface area contributed by atoms with Crippen molar-refractivity contribution in [3.8, 4) is 0 Å². The van der Waals surface area contributed by atoms with E-state index in [0.717, 1.165) is 45.8 Å². The second kappa shape index (κ2) is 7.90. The molecule has 2 fully saturated rings. The minimum atomic E-state index is -0.483. The Hall–Kier alpha value is -2.03. The van der Waals surface area contributed by atoms with Crippen LogP contribution in [0.5, 0.6) is 0 Å². The van der Waals surface area contributed by atoms with Crippen LogP contribution in [-0.2, 0) is 9.53 Å². The Morgan fingerprint density at radius 3 is 2.68 bits per heavy atom. The van der Waals surface area contributed by atoms with Gasteiger partial charge in [-0.2, -0.15) is 0 Å². The van der Waals surface area contributed by atoms with Crippen LogP contribution < -0.4 is 5.32 Å². The smallest absolute Gasteiger partial charge is 0.292 e. The van der Waals surface area contributed by atoms with Gasteiger partial charge in [0.2, 0.25) is 5.91 Å². The number of nitrogens with zero attached hydrogens (tertiary/aromatic N) is 3. The number of para-hydroxylation sites is 2. The Bertz CT molecular complexity index is 625. The molecule has 0 saturated carbocycles. The van der Waals surface area contributed by atoms with E-state index in [9.17, 15) is 14.9 Å². The molecule has 0 spiro atoms. The molecule has 1 amide bonds. The summed E-state index contributed by atoms with van der Waals surface area (Å²) in [7, 11) is 0. The SMILES string of the molecule is C[C@H](C(=O)Nc1ccccc1[N+](=O)[O-])N1CCN([C@@H]2CCOC2)CC1. The molecule has 1 aromatic rings. The molecule has 0 bridgehead atoms. The summed E-state index contributed by atoms with van der Waals surface area (Å²) in [4.78, 5) is 27.6. The first kappa shape index (κ1) is 17.8. The van der Waals surface area contributed by atoms with Gasteiger partial charge in [-0.3, -0.25) is 24.7 Å². The summed E-state index contributed by atoms with van der Waals surface area (Å²) in [6.07, 6.45) is 1.08. The zero-order valence-corrected chi connectivity index (χ0v) is 14.4. The minimum Gasteiger partial charge on any atom is -0.380 e. The van der Waals surface area contributed by atoms with Crippen LogP contribution in [0.4, 0.5) is 11.4 Å². The molecule has 8 nitrogen and oxygen atoms in total. The van der Waals surface area contributed by atoms with E-state index < -0.39 is 4.92 Å². The lowest BCUT2D eigenvalue weighted by atomic mass is 10.1. The maximum atomic E-state index is 12.5. The second-order valence-electron chi connectivity index (χ2n) is 6.53. The van der Waals surface area contributed by atoms with Crippen molar-refractivity contribution in [3.05, 3.63) is 34.4 Å². The summed E-state index contributed by atoms with van der Waals surface area (Å²) in [5.74, 6) is -0.216. The molecule has 136 valence electrons. The first-order valence-corrected chi connectivity index (χ1v) is 8.66. The lowest BCUT2D eigenvalue weighted by Crippen LogP contribution is -2.55. The Labute approximate surface area is 146 Å².